The maximum Gasteiger partial charge on any atom is 0.232 e. The van der Waals surface area contributed by atoms with E-state index in [0.717, 1.165) is 10.6 Å². The van der Waals surface area contributed by atoms with Gasteiger partial charge in [0.15, 0.2) is 0 Å². The Balaban J connectivity index is 2.18. The first-order valence-electron chi connectivity index (χ1n) is 3.96. The third-order valence-corrected chi connectivity index (χ3v) is 2.36. The van der Waals surface area contributed by atoms with Crippen molar-refractivity contribution in [2.24, 2.45) is 0 Å². The molecule has 0 fully saturated rings. The van der Waals surface area contributed by atoms with Crippen LogP contribution in [0.25, 0.3) is 0 Å². The second-order valence-electron chi connectivity index (χ2n) is 2.76. The number of benzene rings is 1. The first-order valence-corrected chi connectivity index (χ1v) is 5.42. The zero-order chi connectivity index (χ0) is 9.97. The average Bonchev–Trinajstić information content (AvgIpc) is 2.51. The van der Waals surface area contributed by atoms with Crippen molar-refractivity contribution in [1.29, 1.82) is 0 Å². The van der Waals surface area contributed by atoms with Crippen molar-refractivity contribution >= 4 is 34.2 Å². The summed E-state index contributed by atoms with van der Waals surface area (Å²) in [5.74, 6) is 0.608. The molecule has 14 heavy (non-hydrogen) atoms. The van der Waals surface area contributed by atoms with Crippen LogP contribution in [0.4, 0.5) is 0 Å². The van der Waals surface area contributed by atoms with Gasteiger partial charge < -0.3 is 4.52 Å². The topological polar surface area (TPSA) is 38.9 Å². The molecule has 0 N–H and O–H groups in total. The van der Waals surface area contributed by atoms with E-state index in [1.165, 1.54) is 0 Å². The van der Waals surface area contributed by atoms with Crippen LogP contribution in [0.3, 0.4) is 0 Å². The predicted molar refractivity (Wildman–Crippen MR) is 61.3 cm³/mol. The van der Waals surface area contributed by atoms with E-state index in [0.29, 0.717) is 16.1 Å². The van der Waals surface area contributed by atoms with E-state index in [1.54, 1.807) is 0 Å². The maximum absolute atomic E-state index is 5.85. The highest BCUT2D eigenvalue weighted by molar-refractivity contribution is 14.1. The summed E-state index contributed by atoms with van der Waals surface area (Å²) >= 11 is 7.86. The van der Waals surface area contributed by atoms with Gasteiger partial charge in [0.1, 0.15) is 0 Å². The van der Waals surface area contributed by atoms with Gasteiger partial charge in [-0.25, -0.2) is 0 Å². The average molecular weight is 321 g/mol. The van der Waals surface area contributed by atoms with Crippen molar-refractivity contribution in [3.05, 3.63) is 44.6 Å². The van der Waals surface area contributed by atoms with Crippen LogP contribution in [0.1, 0.15) is 11.5 Å². The van der Waals surface area contributed by atoms with Gasteiger partial charge in [-0.1, -0.05) is 28.9 Å². The normalized spacial score (nSPS) is 10.4. The van der Waals surface area contributed by atoms with Gasteiger partial charge in [0.25, 0.3) is 0 Å². The van der Waals surface area contributed by atoms with Crippen molar-refractivity contribution in [3.8, 4) is 0 Å². The summed E-state index contributed by atoms with van der Waals surface area (Å²) in [5, 5.41) is 4.42. The lowest BCUT2D eigenvalue weighted by atomic mass is 10.1. The Hall–Kier alpha value is -0.620. The summed E-state index contributed by atoms with van der Waals surface area (Å²) < 4.78 is 5.62. The molecular weight excluding hydrogens is 314 g/mol. The fourth-order valence-corrected chi connectivity index (χ4v) is 1.71. The molecule has 0 radical (unpaired) electrons. The molecule has 2 aromatic rings. The van der Waals surface area contributed by atoms with Gasteiger partial charge in [-0.05, 0) is 17.7 Å². The monoisotopic (exact) mass is 320 g/mol. The summed E-state index contributed by atoms with van der Waals surface area (Å²) in [6, 6.07) is 7.60. The number of hydrogen-bond donors (Lipinski definition) is 0. The van der Waals surface area contributed by atoms with E-state index in [9.17, 15) is 0 Å². The Kier molecular flexibility index (Phi) is 3.02. The molecule has 72 valence electrons. The fraction of sp³-hybridized carbons (Fsp3) is 0.111. The largest absolute Gasteiger partial charge is 0.338 e. The molecule has 2 rings (SSSR count). The van der Waals surface area contributed by atoms with E-state index in [1.807, 2.05) is 46.9 Å². The van der Waals surface area contributed by atoms with E-state index in [4.69, 9.17) is 16.1 Å². The molecule has 5 heteroatoms. The fourth-order valence-electron chi connectivity index (χ4n) is 1.13. The second-order valence-corrected chi connectivity index (χ2v) is 4.17. The van der Waals surface area contributed by atoms with Crippen LogP contribution in [-0.2, 0) is 6.42 Å². The summed E-state index contributed by atoms with van der Waals surface area (Å²) in [6.45, 7) is 0. The van der Waals surface area contributed by atoms with Crippen molar-refractivity contribution in [1.82, 2.24) is 10.1 Å². The molecule has 1 aromatic heterocycles. The Morgan fingerprint density at radius 3 is 2.93 bits per heavy atom. The number of halogens is 2. The number of hydrogen-bond acceptors (Lipinski definition) is 3. The minimum absolute atomic E-state index is 0.608. The van der Waals surface area contributed by atoms with Crippen LogP contribution >= 0.6 is 34.2 Å². The van der Waals surface area contributed by atoms with Crippen LogP contribution in [-0.4, -0.2) is 10.1 Å². The molecule has 0 saturated carbocycles. The lowest BCUT2D eigenvalue weighted by Crippen LogP contribution is -1.87. The Morgan fingerprint density at radius 1 is 1.43 bits per heavy atom. The van der Waals surface area contributed by atoms with Crippen molar-refractivity contribution in [2.75, 3.05) is 0 Å². The SMILES string of the molecule is Clc1cccc(Cc2nc(I)no2)c1. The Morgan fingerprint density at radius 2 is 2.29 bits per heavy atom. The van der Waals surface area contributed by atoms with Gasteiger partial charge in [0, 0.05) is 27.6 Å². The van der Waals surface area contributed by atoms with Crippen LogP contribution in [0.15, 0.2) is 28.8 Å². The van der Waals surface area contributed by atoms with Crippen molar-refractivity contribution < 1.29 is 4.52 Å². The molecule has 0 spiro atoms. The minimum atomic E-state index is 0.608. The highest BCUT2D eigenvalue weighted by atomic mass is 127. The van der Waals surface area contributed by atoms with E-state index < -0.39 is 0 Å². The standard InChI is InChI=1S/C9H6ClIN2O/c10-7-3-1-2-6(4-7)5-8-12-9(11)13-14-8/h1-4H,5H2. The molecule has 3 nitrogen and oxygen atoms in total. The molecule has 0 aliphatic heterocycles. The molecule has 0 aliphatic carbocycles. The van der Waals surface area contributed by atoms with Crippen LogP contribution in [0, 0.1) is 3.83 Å². The summed E-state index contributed by atoms with van der Waals surface area (Å²) in [4.78, 5) is 4.10. The first-order chi connectivity index (χ1) is 6.74. The maximum atomic E-state index is 5.85. The highest BCUT2D eigenvalue weighted by Crippen LogP contribution is 2.14. The van der Waals surface area contributed by atoms with Crippen molar-refractivity contribution in [3.63, 3.8) is 0 Å². The molecule has 1 aromatic carbocycles. The third-order valence-electron chi connectivity index (χ3n) is 1.69. The molecular formula is C9H6ClIN2O. The van der Waals surface area contributed by atoms with Gasteiger partial charge in [-0.15, -0.1) is 0 Å². The third kappa shape index (κ3) is 2.45. The molecule has 0 unspecified atom stereocenters. The summed E-state index contributed by atoms with van der Waals surface area (Å²) in [7, 11) is 0. The van der Waals surface area contributed by atoms with E-state index in [-0.39, 0.29) is 0 Å². The van der Waals surface area contributed by atoms with Gasteiger partial charge in [-0.2, -0.15) is 4.98 Å². The van der Waals surface area contributed by atoms with E-state index in [2.05, 4.69) is 10.1 Å². The number of rotatable bonds is 2. The quantitative estimate of drug-likeness (QED) is 0.799. The van der Waals surface area contributed by atoms with Gasteiger partial charge in [-0.3, -0.25) is 0 Å². The predicted octanol–water partition coefficient (Wildman–Crippen LogP) is 2.92. The molecule has 0 amide bonds. The zero-order valence-electron chi connectivity index (χ0n) is 7.08. The smallest absolute Gasteiger partial charge is 0.232 e. The van der Waals surface area contributed by atoms with Gasteiger partial charge in [0.05, 0.1) is 6.42 Å². The summed E-state index contributed by atoms with van der Waals surface area (Å²) in [5.41, 5.74) is 1.07. The van der Waals surface area contributed by atoms with Crippen LogP contribution in [0.2, 0.25) is 5.02 Å². The second kappa shape index (κ2) is 4.27. The molecule has 1 heterocycles. The number of nitrogens with zero attached hydrogens (tertiary/aromatic N) is 2. The number of aromatic nitrogens is 2. The Bertz CT molecular complexity index is 444. The lowest BCUT2D eigenvalue weighted by molar-refractivity contribution is 0.381. The summed E-state index contributed by atoms with van der Waals surface area (Å²) in [6.07, 6.45) is 0.622. The Labute approximate surface area is 99.6 Å². The molecule has 0 bridgehead atoms. The van der Waals surface area contributed by atoms with E-state index >= 15 is 0 Å². The van der Waals surface area contributed by atoms with Crippen molar-refractivity contribution in [2.45, 2.75) is 6.42 Å². The van der Waals surface area contributed by atoms with Crippen LogP contribution < -0.4 is 0 Å². The molecule has 0 saturated heterocycles. The molecule has 0 atom stereocenters. The van der Waals surface area contributed by atoms with Gasteiger partial charge >= 0.3 is 0 Å². The van der Waals surface area contributed by atoms with Crippen LogP contribution in [0.5, 0.6) is 0 Å². The lowest BCUT2D eigenvalue weighted by Gasteiger charge is -1.96. The molecule has 0 aliphatic rings. The minimum Gasteiger partial charge on any atom is -0.338 e. The highest BCUT2D eigenvalue weighted by Gasteiger charge is 2.04. The zero-order valence-corrected chi connectivity index (χ0v) is 9.99. The first kappa shape index (κ1) is 9.92. The van der Waals surface area contributed by atoms with Gasteiger partial charge in [0.2, 0.25) is 9.72 Å².